The van der Waals surface area contributed by atoms with E-state index >= 15 is 0 Å². The number of carbonyl (C=O) groups is 2. The third-order valence-electron chi connectivity index (χ3n) is 6.19. The van der Waals surface area contributed by atoms with Gasteiger partial charge in [0, 0.05) is 7.05 Å². The number of amides is 1. The summed E-state index contributed by atoms with van der Waals surface area (Å²) in [6, 6.07) is 20.6. The molecule has 0 aliphatic carbocycles. The number of ether oxygens (including phenoxy) is 2. The van der Waals surface area contributed by atoms with Crippen LogP contribution in [0, 0.1) is 6.92 Å². The molecule has 1 amide bonds. The molecule has 0 saturated heterocycles. The standard InChI is InChI=1S/C28H28N4O7S/c1-18-25(27(34)32(31(18)3)21-12-6-5-7-13-21)29-26(33)19(2)39-28(35)20-11-10-14-22(17-20)40(36,37)30-23-15-8-9-16-24(23)38-4/h5-17,19,30H,1-4H3,(H,29,33)/t19-/m0/s1. The second-order valence-electron chi connectivity index (χ2n) is 8.81. The van der Waals surface area contributed by atoms with Crippen LogP contribution in [-0.2, 0) is 26.6 Å². The minimum absolute atomic E-state index is 0.0507. The number of anilines is 2. The van der Waals surface area contributed by atoms with E-state index in [9.17, 15) is 22.8 Å². The van der Waals surface area contributed by atoms with Gasteiger partial charge in [-0.25, -0.2) is 17.9 Å². The Morgan fingerprint density at radius 2 is 1.62 bits per heavy atom. The molecule has 0 aliphatic rings. The van der Waals surface area contributed by atoms with Crippen LogP contribution in [0.2, 0.25) is 0 Å². The molecule has 0 unspecified atom stereocenters. The molecule has 0 aliphatic heterocycles. The first-order chi connectivity index (χ1) is 19.0. The van der Waals surface area contributed by atoms with Crippen LogP contribution in [-0.4, -0.2) is 42.9 Å². The predicted molar refractivity (Wildman–Crippen MR) is 149 cm³/mol. The molecule has 3 aromatic carbocycles. The Bertz CT molecular complexity index is 1730. The number of hydrogen-bond donors (Lipinski definition) is 2. The van der Waals surface area contributed by atoms with Crippen molar-refractivity contribution in [2.45, 2.75) is 24.8 Å². The minimum Gasteiger partial charge on any atom is -0.495 e. The Balaban J connectivity index is 1.48. The molecular formula is C28H28N4O7S. The zero-order valence-electron chi connectivity index (χ0n) is 22.2. The molecule has 4 aromatic rings. The number of esters is 1. The number of benzene rings is 3. The number of hydrogen-bond acceptors (Lipinski definition) is 7. The molecule has 40 heavy (non-hydrogen) atoms. The molecule has 1 aromatic heterocycles. The third-order valence-corrected chi connectivity index (χ3v) is 7.55. The van der Waals surface area contributed by atoms with E-state index in [1.165, 1.54) is 43.0 Å². The van der Waals surface area contributed by atoms with Gasteiger partial charge in [-0.15, -0.1) is 0 Å². The van der Waals surface area contributed by atoms with E-state index in [4.69, 9.17) is 9.47 Å². The van der Waals surface area contributed by atoms with Gasteiger partial charge in [0.2, 0.25) is 0 Å². The summed E-state index contributed by atoms with van der Waals surface area (Å²) in [4.78, 5) is 38.6. The molecule has 11 nitrogen and oxygen atoms in total. The van der Waals surface area contributed by atoms with Crippen molar-refractivity contribution in [3.63, 3.8) is 0 Å². The highest BCUT2D eigenvalue weighted by Crippen LogP contribution is 2.26. The van der Waals surface area contributed by atoms with Crippen LogP contribution in [0.5, 0.6) is 5.75 Å². The molecule has 0 radical (unpaired) electrons. The van der Waals surface area contributed by atoms with Crippen LogP contribution in [0.15, 0.2) is 88.6 Å². The summed E-state index contributed by atoms with van der Waals surface area (Å²) >= 11 is 0. The van der Waals surface area contributed by atoms with Gasteiger partial charge in [0.25, 0.3) is 21.5 Å². The SMILES string of the molecule is COc1ccccc1NS(=O)(=O)c1cccc(C(=O)O[C@@H](C)C(=O)Nc2c(C)n(C)n(-c3ccccc3)c2=O)c1. The average molecular weight is 565 g/mol. The molecule has 208 valence electrons. The van der Waals surface area contributed by atoms with Crippen molar-refractivity contribution in [2.24, 2.45) is 7.05 Å². The first-order valence-electron chi connectivity index (χ1n) is 12.1. The van der Waals surface area contributed by atoms with E-state index in [0.717, 1.165) is 6.07 Å². The van der Waals surface area contributed by atoms with Gasteiger partial charge >= 0.3 is 5.97 Å². The minimum atomic E-state index is -4.08. The van der Waals surface area contributed by atoms with Gasteiger partial charge in [-0.1, -0.05) is 36.4 Å². The Morgan fingerprint density at radius 3 is 2.33 bits per heavy atom. The highest BCUT2D eigenvalue weighted by molar-refractivity contribution is 7.92. The summed E-state index contributed by atoms with van der Waals surface area (Å²) in [6.07, 6.45) is -1.29. The fraction of sp³-hybridized carbons (Fsp3) is 0.179. The Hall–Kier alpha value is -4.84. The monoisotopic (exact) mass is 564 g/mol. The lowest BCUT2D eigenvalue weighted by atomic mass is 10.2. The first kappa shape index (κ1) is 28.2. The van der Waals surface area contributed by atoms with Gasteiger partial charge in [0.05, 0.1) is 34.6 Å². The van der Waals surface area contributed by atoms with Crippen LogP contribution in [0.4, 0.5) is 11.4 Å². The van der Waals surface area contributed by atoms with Gasteiger partial charge < -0.3 is 14.8 Å². The van der Waals surface area contributed by atoms with Gasteiger partial charge in [-0.3, -0.25) is 19.0 Å². The molecule has 0 spiro atoms. The molecule has 4 rings (SSSR count). The van der Waals surface area contributed by atoms with Gasteiger partial charge in [-0.2, -0.15) is 0 Å². The van der Waals surface area contributed by atoms with E-state index in [1.54, 1.807) is 61.1 Å². The maximum Gasteiger partial charge on any atom is 0.338 e. The molecule has 0 fully saturated rings. The summed E-state index contributed by atoms with van der Waals surface area (Å²) in [5.41, 5.74) is 0.873. The highest BCUT2D eigenvalue weighted by atomic mass is 32.2. The second-order valence-corrected chi connectivity index (χ2v) is 10.5. The van der Waals surface area contributed by atoms with Crippen molar-refractivity contribution in [2.75, 3.05) is 17.1 Å². The number of methoxy groups -OCH3 is 1. The van der Waals surface area contributed by atoms with Gasteiger partial charge in [-0.05, 0) is 56.3 Å². The van der Waals surface area contributed by atoms with Crippen molar-refractivity contribution < 1.29 is 27.5 Å². The normalized spacial score (nSPS) is 11.9. The van der Waals surface area contributed by atoms with Crippen molar-refractivity contribution in [1.82, 2.24) is 9.36 Å². The maximum absolute atomic E-state index is 13.1. The van der Waals surface area contributed by atoms with Crippen molar-refractivity contribution in [1.29, 1.82) is 0 Å². The fourth-order valence-corrected chi connectivity index (χ4v) is 5.06. The Morgan fingerprint density at radius 1 is 0.950 bits per heavy atom. The topological polar surface area (TPSA) is 138 Å². The van der Waals surface area contributed by atoms with Crippen LogP contribution in [0.25, 0.3) is 5.69 Å². The number of aromatic nitrogens is 2. The number of sulfonamides is 1. The second kappa shape index (κ2) is 11.5. The molecule has 2 N–H and O–H groups in total. The zero-order chi connectivity index (χ0) is 29.0. The summed E-state index contributed by atoms with van der Waals surface area (Å²) < 4.78 is 41.8. The van der Waals surface area contributed by atoms with Crippen molar-refractivity contribution in [3.8, 4) is 11.4 Å². The molecule has 1 atom stereocenters. The predicted octanol–water partition coefficient (Wildman–Crippen LogP) is 3.48. The Kier molecular flexibility index (Phi) is 8.10. The molecule has 12 heteroatoms. The highest BCUT2D eigenvalue weighted by Gasteiger charge is 2.25. The van der Waals surface area contributed by atoms with Crippen LogP contribution < -0.4 is 20.3 Å². The molecule has 0 saturated carbocycles. The largest absolute Gasteiger partial charge is 0.495 e. The van der Waals surface area contributed by atoms with Gasteiger partial charge in [0.1, 0.15) is 11.4 Å². The summed E-state index contributed by atoms with van der Waals surface area (Å²) in [6.45, 7) is 3.03. The van der Waals surface area contributed by atoms with Crippen molar-refractivity contribution in [3.05, 3.63) is 100 Å². The lowest BCUT2D eigenvalue weighted by Crippen LogP contribution is -2.32. The number of nitrogens with one attached hydrogen (secondary N) is 2. The van der Waals surface area contributed by atoms with E-state index in [1.807, 2.05) is 6.07 Å². The van der Waals surface area contributed by atoms with Crippen LogP contribution in [0.1, 0.15) is 23.0 Å². The lowest BCUT2D eigenvalue weighted by Gasteiger charge is -2.14. The molecule has 1 heterocycles. The number of para-hydroxylation sites is 3. The third kappa shape index (κ3) is 5.76. The quantitative estimate of drug-likeness (QED) is 0.297. The van der Waals surface area contributed by atoms with Crippen molar-refractivity contribution >= 4 is 33.3 Å². The maximum atomic E-state index is 13.1. The first-order valence-corrected chi connectivity index (χ1v) is 13.6. The van der Waals surface area contributed by atoms with Crippen LogP contribution in [0.3, 0.4) is 0 Å². The van der Waals surface area contributed by atoms with E-state index < -0.39 is 33.6 Å². The molecule has 0 bridgehead atoms. The summed E-state index contributed by atoms with van der Waals surface area (Å²) in [5.74, 6) is -1.31. The summed E-state index contributed by atoms with van der Waals surface area (Å²) in [5, 5.41) is 2.55. The smallest absolute Gasteiger partial charge is 0.338 e. The van der Waals surface area contributed by atoms with Gasteiger partial charge in [0.15, 0.2) is 6.10 Å². The van der Waals surface area contributed by atoms with E-state index in [2.05, 4.69) is 10.0 Å². The average Bonchev–Trinajstić information content (AvgIpc) is 3.16. The summed E-state index contributed by atoms with van der Waals surface area (Å²) in [7, 11) is -0.975. The number of rotatable bonds is 9. The number of carbonyl (C=O) groups excluding carboxylic acids is 2. The lowest BCUT2D eigenvalue weighted by molar-refractivity contribution is -0.123. The van der Waals surface area contributed by atoms with E-state index in [-0.39, 0.29) is 21.8 Å². The van der Waals surface area contributed by atoms with Crippen LogP contribution >= 0.6 is 0 Å². The zero-order valence-corrected chi connectivity index (χ0v) is 23.1. The fourth-order valence-electron chi connectivity index (χ4n) is 3.94. The molecular weight excluding hydrogens is 536 g/mol. The Labute approximate surface area is 231 Å². The van der Waals surface area contributed by atoms with E-state index in [0.29, 0.717) is 17.1 Å². The number of nitrogens with zero attached hydrogens (tertiary/aromatic N) is 2.